The van der Waals surface area contributed by atoms with E-state index in [1.165, 1.54) is 47.9 Å². The normalized spacial score (nSPS) is 11.2. The number of benzene rings is 2. The molecule has 246 valence electrons. The predicted octanol–water partition coefficient (Wildman–Crippen LogP) is 2.40. The Morgan fingerprint density at radius 3 is 1.13 bits per heavy atom. The number of rotatable bonds is 16. The number of unbranched alkanes of at least 4 members (excludes halogenated alkanes) is 4. The first-order valence-electron chi connectivity index (χ1n) is 15.9. The van der Waals surface area contributed by atoms with Gasteiger partial charge in [0.1, 0.15) is 0 Å². The summed E-state index contributed by atoms with van der Waals surface area (Å²) in [5, 5.41) is 0.657. The van der Waals surface area contributed by atoms with Gasteiger partial charge in [0.15, 0.2) is 0 Å². The van der Waals surface area contributed by atoms with Gasteiger partial charge in [-0.25, -0.2) is 4.98 Å². The molecule has 8 heteroatoms. The molecule has 0 spiro atoms. The quantitative estimate of drug-likeness (QED) is 0.209. The van der Waals surface area contributed by atoms with Crippen LogP contribution in [0.3, 0.4) is 0 Å². The van der Waals surface area contributed by atoms with Gasteiger partial charge in [0, 0.05) is 5.02 Å². The van der Waals surface area contributed by atoms with Crippen molar-refractivity contribution < 1.29 is 55.8 Å². The van der Waals surface area contributed by atoms with E-state index in [0.29, 0.717) is 5.02 Å². The molecule has 0 amide bonds. The van der Waals surface area contributed by atoms with E-state index in [1.807, 2.05) is 12.1 Å². The fourth-order valence-electron chi connectivity index (χ4n) is 5.17. The van der Waals surface area contributed by atoms with Crippen LogP contribution >= 0.6 is 11.6 Å². The van der Waals surface area contributed by atoms with Crippen LogP contribution in [0.1, 0.15) is 127 Å². The number of aromatic nitrogens is 1. The van der Waals surface area contributed by atoms with E-state index in [-0.39, 0.29) is 55.8 Å². The van der Waals surface area contributed by atoms with Crippen LogP contribution in [0, 0.1) is 0 Å². The predicted molar refractivity (Wildman–Crippen MR) is 180 cm³/mol. The molecule has 0 atom stereocenters. The molecule has 3 aromatic rings. The van der Waals surface area contributed by atoms with Crippen molar-refractivity contribution in [1.29, 1.82) is 0 Å². The third-order valence-electron chi connectivity index (χ3n) is 7.70. The van der Waals surface area contributed by atoms with E-state index < -0.39 is 0 Å². The monoisotopic (exact) mass is 727 g/mol. The molecule has 0 fully saturated rings. The molecule has 1 heterocycles. The summed E-state index contributed by atoms with van der Waals surface area (Å²) in [6.07, 6.45) is 13.5. The van der Waals surface area contributed by atoms with Crippen molar-refractivity contribution in [3.05, 3.63) is 87.2 Å². The summed E-state index contributed by atoms with van der Waals surface area (Å²) in [6, 6.07) is 17.2. The van der Waals surface area contributed by atoms with E-state index in [0.717, 1.165) is 85.6 Å². The van der Waals surface area contributed by atoms with Crippen LogP contribution in [0.15, 0.2) is 58.5 Å². The average molecular weight is 730 g/mol. The minimum atomic E-state index is 0. The first kappa shape index (κ1) is 45.8. The number of hydrogen-bond donors (Lipinski definition) is 0. The zero-order valence-corrected chi connectivity index (χ0v) is 32.3. The first-order valence-corrected chi connectivity index (χ1v) is 16.3. The van der Waals surface area contributed by atoms with Crippen LogP contribution in [0.4, 0.5) is 11.4 Å². The number of halogens is 4. The number of para-hydroxylation sites is 2. The van der Waals surface area contributed by atoms with Gasteiger partial charge in [-0.3, -0.25) is 9.98 Å². The fourth-order valence-corrected chi connectivity index (χ4v) is 5.38. The van der Waals surface area contributed by atoms with Gasteiger partial charge < -0.3 is 37.2 Å². The topological polar surface area (TPSA) is 37.6 Å². The van der Waals surface area contributed by atoms with E-state index in [2.05, 4.69) is 77.9 Å². The van der Waals surface area contributed by atoms with Crippen molar-refractivity contribution >= 4 is 34.4 Å². The molecule has 0 N–H and O–H groups in total. The van der Waals surface area contributed by atoms with Crippen LogP contribution in [-0.4, -0.2) is 16.4 Å². The molecule has 0 saturated carbocycles. The zero-order valence-electron chi connectivity index (χ0n) is 27.9. The Balaban J connectivity index is 0. The summed E-state index contributed by atoms with van der Waals surface area (Å²) in [4.78, 5) is 15.5. The summed E-state index contributed by atoms with van der Waals surface area (Å²) in [6.45, 7) is 13.1. The Kier molecular flexibility index (Phi) is 25.2. The SMILES string of the molecule is CCCCc1cccc(CCCC)c1N=C(C)c1cc(Cl)cc(C(C)=Nc2c(CCCC)cccc2CCCC)n1.[Cl-].[Cl-].[Cl-].[V+3]. The molecule has 0 saturated heterocycles. The molecule has 3 nitrogen and oxygen atoms in total. The molecule has 2 aromatic carbocycles. The maximum Gasteiger partial charge on any atom is 3.00 e. The van der Waals surface area contributed by atoms with Crippen LogP contribution in [0.5, 0.6) is 0 Å². The molecule has 0 radical (unpaired) electrons. The number of aryl methyl sites for hydroxylation is 4. The fraction of sp³-hybridized carbons (Fsp3) is 0.486. The Bertz CT molecular complexity index is 1190. The van der Waals surface area contributed by atoms with Crippen LogP contribution < -0.4 is 37.2 Å². The van der Waals surface area contributed by atoms with Gasteiger partial charge in [0.25, 0.3) is 0 Å². The number of nitrogens with zero attached hydrogens (tertiary/aromatic N) is 3. The van der Waals surface area contributed by atoms with Gasteiger partial charge in [-0.1, -0.05) is 101 Å². The van der Waals surface area contributed by atoms with Crippen molar-refractivity contribution in [3.8, 4) is 0 Å². The van der Waals surface area contributed by atoms with Crippen molar-refractivity contribution in [2.24, 2.45) is 9.98 Å². The largest absolute Gasteiger partial charge is 3.00 e. The summed E-state index contributed by atoms with van der Waals surface area (Å²) in [5.74, 6) is 0. The Morgan fingerprint density at radius 2 is 0.867 bits per heavy atom. The third-order valence-corrected chi connectivity index (χ3v) is 7.91. The van der Waals surface area contributed by atoms with E-state index in [4.69, 9.17) is 26.6 Å². The van der Waals surface area contributed by atoms with Crippen LogP contribution in [0.2, 0.25) is 5.02 Å². The van der Waals surface area contributed by atoms with E-state index in [1.54, 1.807) is 0 Å². The Hall–Kier alpha value is -1.33. The van der Waals surface area contributed by atoms with Crippen molar-refractivity contribution in [1.82, 2.24) is 4.98 Å². The van der Waals surface area contributed by atoms with E-state index in [9.17, 15) is 0 Å². The molecule has 0 bridgehead atoms. The second-order valence-electron chi connectivity index (χ2n) is 11.2. The molecule has 45 heavy (non-hydrogen) atoms. The number of pyridine rings is 1. The van der Waals surface area contributed by atoms with Crippen molar-refractivity contribution in [2.75, 3.05) is 0 Å². The Labute approximate surface area is 309 Å². The summed E-state index contributed by atoms with van der Waals surface area (Å²) in [5.41, 5.74) is 10.9. The average Bonchev–Trinajstić information content (AvgIpc) is 2.98. The van der Waals surface area contributed by atoms with Crippen LogP contribution in [0.25, 0.3) is 0 Å². The molecular weight excluding hydrogens is 679 g/mol. The molecule has 0 aliphatic carbocycles. The standard InChI is InChI=1S/C37H50ClN3.3ClH.V/c1-7-11-17-29-21-15-22-30(18-12-8-2)36(29)39-27(5)34-25-33(38)26-35(41-34)28(6)40-37-31(19-13-9-3)23-16-24-32(37)20-14-10-4;;;;/h15-16,21-26H,7-14,17-20H2,1-6H3;3*1H;/q;;;;+3/p-3. The summed E-state index contributed by atoms with van der Waals surface area (Å²) >= 11 is 6.69. The zero-order chi connectivity index (χ0) is 29.6. The van der Waals surface area contributed by atoms with Gasteiger partial charge in [0.2, 0.25) is 0 Å². The first-order chi connectivity index (χ1) is 19.9. The maximum absolute atomic E-state index is 6.69. The second-order valence-corrected chi connectivity index (χ2v) is 11.7. The van der Waals surface area contributed by atoms with Crippen LogP contribution in [-0.2, 0) is 44.2 Å². The van der Waals surface area contributed by atoms with Gasteiger partial charge >= 0.3 is 18.6 Å². The van der Waals surface area contributed by atoms with Crippen molar-refractivity contribution in [3.63, 3.8) is 0 Å². The minimum Gasteiger partial charge on any atom is -1.00 e. The van der Waals surface area contributed by atoms with Gasteiger partial charge in [-0.15, -0.1) is 0 Å². The second kappa shape index (κ2) is 24.8. The minimum absolute atomic E-state index is 0. The van der Waals surface area contributed by atoms with E-state index >= 15 is 0 Å². The van der Waals surface area contributed by atoms with Gasteiger partial charge in [-0.2, -0.15) is 0 Å². The molecule has 0 unspecified atom stereocenters. The molecular formula is C37H50Cl4N3V. The number of aliphatic imine (C=N–C) groups is 2. The van der Waals surface area contributed by atoms with Gasteiger partial charge in [-0.05, 0) is 99.6 Å². The molecule has 1 aromatic heterocycles. The maximum atomic E-state index is 6.69. The number of hydrogen-bond acceptors (Lipinski definition) is 3. The Morgan fingerprint density at radius 1 is 0.578 bits per heavy atom. The smallest absolute Gasteiger partial charge is 1.00 e. The summed E-state index contributed by atoms with van der Waals surface area (Å²) in [7, 11) is 0. The van der Waals surface area contributed by atoms with Crippen molar-refractivity contribution in [2.45, 2.75) is 119 Å². The molecule has 0 aliphatic heterocycles. The summed E-state index contributed by atoms with van der Waals surface area (Å²) < 4.78 is 0. The molecule has 0 aliphatic rings. The van der Waals surface area contributed by atoms with Gasteiger partial charge in [0.05, 0.1) is 34.2 Å². The molecule has 3 rings (SSSR count). The third kappa shape index (κ3) is 14.1.